The van der Waals surface area contributed by atoms with Crippen molar-refractivity contribution >= 4 is 34.3 Å². The molecule has 25 heavy (non-hydrogen) atoms. The van der Waals surface area contributed by atoms with E-state index in [1.165, 1.54) is 0 Å². The fourth-order valence-electron chi connectivity index (χ4n) is 2.55. The first-order chi connectivity index (χ1) is 12.1. The van der Waals surface area contributed by atoms with Gasteiger partial charge in [0, 0.05) is 21.4 Å². The zero-order chi connectivity index (χ0) is 17.8. The molecule has 0 bridgehead atoms. The highest BCUT2D eigenvalue weighted by Crippen LogP contribution is 2.34. The van der Waals surface area contributed by atoms with Gasteiger partial charge in [-0.1, -0.05) is 66.2 Å². The van der Waals surface area contributed by atoms with Crippen molar-refractivity contribution in [2.45, 2.75) is 6.10 Å². The average molecular weight is 355 g/mol. The lowest BCUT2D eigenvalue weighted by Gasteiger charge is -2.19. The summed E-state index contributed by atoms with van der Waals surface area (Å²) in [5.41, 5.74) is 5.67. The van der Waals surface area contributed by atoms with E-state index < -0.39 is 18.0 Å². The van der Waals surface area contributed by atoms with Gasteiger partial charge in [-0.05, 0) is 12.1 Å². The first kappa shape index (κ1) is 16.8. The van der Waals surface area contributed by atoms with Gasteiger partial charge < -0.3 is 10.5 Å². The second kappa shape index (κ2) is 7.23. The molecule has 0 aliphatic carbocycles. The van der Waals surface area contributed by atoms with Crippen LogP contribution in [0.1, 0.15) is 11.7 Å². The molecule has 0 saturated heterocycles. The third-order valence-corrected chi connectivity index (χ3v) is 3.99. The van der Waals surface area contributed by atoms with Crippen molar-refractivity contribution in [1.82, 2.24) is 5.32 Å². The lowest BCUT2D eigenvalue weighted by atomic mass is 10.1. The molecule has 3 N–H and O–H groups in total. The van der Waals surface area contributed by atoms with E-state index in [1.54, 1.807) is 36.4 Å². The maximum absolute atomic E-state index is 12.4. The number of urea groups is 1. The minimum Gasteiger partial charge on any atom is -0.475 e. The van der Waals surface area contributed by atoms with E-state index >= 15 is 0 Å². The Balaban J connectivity index is 2.03. The van der Waals surface area contributed by atoms with Crippen molar-refractivity contribution in [1.29, 1.82) is 0 Å². The number of nitrogens with one attached hydrogen (secondary N) is 1. The van der Waals surface area contributed by atoms with Crippen LogP contribution < -0.4 is 15.8 Å². The number of halogens is 1. The van der Waals surface area contributed by atoms with E-state index in [0.29, 0.717) is 16.3 Å². The summed E-state index contributed by atoms with van der Waals surface area (Å²) in [6.07, 6.45) is -1.03. The largest absolute Gasteiger partial charge is 0.475 e. The lowest BCUT2D eigenvalue weighted by Crippen LogP contribution is -2.40. The van der Waals surface area contributed by atoms with Crippen LogP contribution in [0.5, 0.6) is 5.75 Å². The highest BCUT2D eigenvalue weighted by atomic mass is 35.5. The summed E-state index contributed by atoms with van der Waals surface area (Å²) in [7, 11) is 0. The number of nitrogens with two attached hydrogens (primary N) is 1. The van der Waals surface area contributed by atoms with E-state index in [4.69, 9.17) is 22.1 Å². The Bertz CT molecular complexity index is 928. The Morgan fingerprint density at radius 3 is 2.24 bits per heavy atom. The summed E-state index contributed by atoms with van der Waals surface area (Å²) < 4.78 is 5.95. The molecule has 0 aliphatic heterocycles. The molecule has 0 fully saturated rings. The number of amides is 3. The van der Waals surface area contributed by atoms with Gasteiger partial charge in [-0.2, -0.15) is 0 Å². The Morgan fingerprint density at radius 1 is 0.920 bits per heavy atom. The van der Waals surface area contributed by atoms with Gasteiger partial charge in [-0.15, -0.1) is 0 Å². The molecule has 0 unspecified atom stereocenters. The van der Waals surface area contributed by atoms with Crippen LogP contribution in [0.25, 0.3) is 10.8 Å². The number of ether oxygens (including phenoxy) is 1. The van der Waals surface area contributed by atoms with E-state index in [2.05, 4.69) is 5.32 Å². The van der Waals surface area contributed by atoms with Gasteiger partial charge in [0.25, 0.3) is 5.91 Å². The average Bonchev–Trinajstić information content (AvgIpc) is 2.61. The fourth-order valence-corrected chi connectivity index (χ4v) is 2.78. The molecular formula is C19H15ClN2O3. The van der Waals surface area contributed by atoms with Gasteiger partial charge >= 0.3 is 6.03 Å². The van der Waals surface area contributed by atoms with Crippen molar-refractivity contribution in [3.63, 3.8) is 0 Å². The number of carbonyl (C=O) groups excluding carboxylic acids is 2. The summed E-state index contributed by atoms with van der Waals surface area (Å²) in [5, 5.41) is 4.23. The number of fused-ring (bicyclic) bond motifs is 1. The number of hydrogen-bond acceptors (Lipinski definition) is 3. The third-order valence-electron chi connectivity index (χ3n) is 3.66. The van der Waals surface area contributed by atoms with Crippen LogP contribution in [-0.4, -0.2) is 11.9 Å². The number of hydrogen-bond donors (Lipinski definition) is 2. The molecule has 3 amide bonds. The molecule has 1 atom stereocenters. The Kier molecular flexibility index (Phi) is 4.86. The zero-order valence-electron chi connectivity index (χ0n) is 13.1. The first-order valence-corrected chi connectivity index (χ1v) is 7.93. The molecule has 3 rings (SSSR count). The Labute approximate surface area is 149 Å². The van der Waals surface area contributed by atoms with Crippen molar-refractivity contribution in [2.75, 3.05) is 0 Å². The van der Waals surface area contributed by atoms with E-state index in [0.717, 1.165) is 10.8 Å². The molecule has 0 saturated carbocycles. The predicted octanol–water partition coefficient (Wildman–Crippen LogP) is 3.81. The molecule has 126 valence electrons. The molecule has 6 heteroatoms. The molecule has 0 spiro atoms. The van der Waals surface area contributed by atoms with Gasteiger partial charge in [0.1, 0.15) is 5.75 Å². The van der Waals surface area contributed by atoms with Crippen molar-refractivity contribution < 1.29 is 14.3 Å². The smallest absolute Gasteiger partial charge is 0.318 e. The Morgan fingerprint density at radius 2 is 1.56 bits per heavy atom. The molecule has 5 nitrogen and oxygen atoms in total. The van der Waals surface area contributed by atoms with Crippen LogP contribution in [0.4, 0.5) is 4.79 Å². The molecule has 0 aliphatic rings. The topological polar surface area (TPSA) is 81.4 Å². The van der Waals surface area contributed by atoms with E-state index in [9.17, 15) is 9.59 Å². The summed E-state index contributed by atoms with van der Waals surface area (Å²) in [5.74, 6) is -0.161. The maximum Gasteiger partial charge on any atom is 0.318 e. The highest BCUT2D eigenvalue weighted by molar-refractivity contribution is 6.35. The number of benzene rings is 3. The van der Waals surface area contributed by atoms with Gasteiger partial charge in [0.2, 0.25) is 6.10 Å². The quantitative estimate of drug-likeness (QED) is 0.747. The van der Waals surface area contributed by atoms with Gasteiger partial charge in [-0.3, -0.25) is 10.1 Å². The standard InChI is InChI=1S/C19H15ClN2O3/c20-15-10-11-16(14-9-5-4-8-13(14)15)25-17(18(23)22-19(21)24)12-6-2-1-3-7-12/h1-11,17H,(H3,21,22,23,24)/t17-/m0/s1. The number of rotatable bonds is 4. The van der Waals surface area contributed by atoms with Crippen LogP contribution >= 0.6 is 11.6 Å². The van der Waals surface area contributed by atoms with Crippen LogP contribution in [-0.2, 0) is 4.79 Å². The van der Waals surface area contributed by atoms with E-state index in [-0.39, 0.29) is 0 Å². The molecular weight excluding hydrogens is 340 g/mol. The van der Waals surface area contributed by atoms with Crippen molar-refractivity contribution in [3.05, 3.63) is 77.3 Å². The first-order valence-electron chi connectivity index (χ1n) is 7.55. The van der Waals surface area contributed by atoms with Crippen LogP contribution in [0, 0.1) is 0 Å². The molecule has 3 aromatic rings. The summed E-state index contributed by atoms with van der Waals surface area (Å²) >= 11 is 6.22. The second-order valence-corrected chi connectivity index (χ2v) is 5.76. The molecule has 0 heterocycles. The summed E-state index contributed by atoms with van der Waals surface area (Å²) in [6, 6.07) is 18.8. The van der Waals surface area contributed by atoms with Gasteiger partial charge in [0.15, 0.2) is 0 Å². The molecule has 0 aromatic heterocycles. The van der Waals surface area contributed by atoms with E-state index in [1.807, 2.05) is 30.3 Å². The Hall–Kier alpha value is -3.05. The second-order valence-electron chi connectivity index (χ2n) is 5.35. The van der Waals surface area contributed by atoms with Gasteiger partial charge in [0.05, 0.1) is 0 Å². The fraction of sp³-hybridized carbons (Fsp3) is 0.0526. The van der Waals surface area contributed by atoms with Crippen molar-refractivity contribution in [3.8, 4) is 5.75 Å². The van der Waals surface area contributed by atoms with Gasteiger partial charge in [-0.25, -0.2) is 4.79 Å². The highest BCUT2D eigenvalue weighted by Gasteiger charge is 2.24. The SMILES string of the molecule is NC(=O)NC(=O)[C@@H](Oc1ccc(Cl)c2ccccc12)c1ccccc1. The number of carbonyl (C=O) groups is 2. The monoisotopic (exact) mass is 354 g/mol. The third kappa shape index (κ3) is 3.72. The minimum atomic E-state index is -1.03. The molecule has 0 radical (unpaired) electrons. The normalized spacial score (nSPS) is 11.7. The zero-order valence-corrected chi connectivity index (χ0v) is 13.9. The maximum atomic E-state index is 12.4. The van der Waals surface area contributed by atoms with Crippen LogP contribution in [0.15, 0.2) is 66.7 Å². The minimum absolute atomic E-state index is 0.480. The predicted molar refractivity (Wildman–Crippen MR) is 96.5 cm³/mol. The summed E-state index contributed by atoms with van der Waals surface area (Å²) in [6.45, 7) is 0. The number of imide groups is 1. The molecule has 3 aromatic carbocycles. The summed E-state index contributed by atoms with van der Waals surface area (Å²) in [4.78, 5) is 23.5. The van der Waals surface area contributed by atoms with Crippen LogP contribution in [0.2, 0.25) is 5.02 Å². The number of primary amides is 1. The van der Waals surface area contributed by atoms with Crippen molar-refractivity contribution in [2.24, 2.45) is 5.73 Å². The lowest BCUT2D eigenvalue weighted by molar-refractivity contribution is -0.127. The van der Waals surface area contributed by atoms with Crippen LogP contribution in [0.3, 0.4) is 0 Å².